The average molecular weight is 273 g/mol. The Morgan fingerprint density at radius 1 is 1.20 bits per heavy atom. The minimum atomic E-state index is 0.297. The molecule has 1 N–H and O–H groups in total. The van der Waals surface area contributed by atoms with E-state index < -0.39 is 0 Å². The Kier molecular flexibility index (Phi) is 4.11. The average Bonchev–Trinajstić information content (AvgIpc) is 2.87. The second-order valence-corrected chi connectivity index (χ2v) is 6.85. The largest absolute Gasteiger partial charge is 0.314 e. The number of nitrogens with one attached hydrogen (secondary N) is 1. The maximum absolute atomic E-state index is 3.52. The van der Waals surface area contributed by atoms with E-state index in [1.165, 1.54) is 31.6 Å². The molecule has 0 bridgehead atoms. The number of hydrogen-bond acceptors (Lipinski definition) is 3. The van der Waals surface area contributed by atoms with Gasteiger partial charge < -0.3 is 5.32 Å². The quantitative estimate of drug-likeness (QED) is 0.908. The standard InChI is InChI=1S/C17H27N3/c1-17(2)14-18-9-11-20(17)16-8-10-19(13-16)12-15-6-4-3-5-7-15/h3-7,16,18H,8-14H2,1-2H3. The summed E-state index contributed by atoms with van der Waals surface area (Å²) in [4.78, 5) is 5.34. The summed E-state index contributed by atoms with van der Waals surface area (Å²) in [5, 5.41) is 3.52. The van der Waals surface area contributed by atoms with Crippen LogP contribution in [0.4, 0.5) is 0 Å². The first kappa shape index (κ1) is 14.1. The van der Waals surface area contributed by atoms with Gasteiger partial charge in [0.1, 0.15) is 0 Å². The van der Waals surface area contributed by atoms with E-state index in [0.29, 0.717) is 5.54 Å². The minimum Gasteiger partial charge on any atom is -0.314 e. The van der Waals surface area contributed by atoms with Gasteiger partial charge in [0.2, 0.25) is 0 Å². The van der Waals surface area contributed by atoms with Gasteiger partial charge in [-0.1, -0.05) is 30.3 Å². The summed E-state index contributed by atoms with van der Waals surface area (Å²) in [6.45, 7) is 11.7. The SMILES string of the molecule is CC1(C)CNCCN1C1CCN(Cc2ccccc2)C1. The van der Waals surface area contributed by atoms with E-state index in [-0.39, 0.29) is 0 Å². The smallest absolute Gasteiger partial charge is 0.0281 e. The second-order valence-electron chi connectivity index (χ2n) is 6.85. The molecule has 2 fully saturated rings. The maximum atomic E-state index is 3.52. The fraction of sp³-hybridized carbons (Fsp3) is 0.647. The Morgan fingerprint density at radius 2 is 2.00 bits per heavy atom. The highest BCUT2D eigenvalue weighted by Crippen LogP contribution is 2.26. The van der Waals surface area contributed by atoms with Gasteiger partial charge in [-0.25, -0.2) is 0 Å². The van der Waals surface area contributed by atoms with Gasteiger partial charge in [-0.3, -0.25) is 9.80 Å². The van der Waals surface area contributed by atoms with Gasteiger partial charge in [0.25, 0.3) is 0 Å². The fourth-order valence-corrected chi connectivity index (χ4v) is 3.73. The third-order valence-electron chi connectivity index (χ3n) is 4.80. The summed E-state index contributed by atoms with van der Waals surface area (Å²) in [6, 6.07) is 11.6. The molecule has 110 valence electrons. The molecular weight excluding hydrogens is 246 g/mol. The molecule has 0 spiro atoms. The molecule has 1 aromatic rings. The number of piperazine rings is 1. The van der Waals surface area contributed by atoms with Crippen LogP contribution in [0.3, 0.4) is 0 Å². The number of benzene rings is 1. The van der Waals surface area contributed by atoms with E-state index in [4.69, 9.17) is 0 Å². The number of nitrogens with zero attached hydrogens (tertiary/aromatic N) is 2. The molecule has 3 nitrogen and oxygen atoms in total. The summed E-state index contributed by atoms with van der Waals surface area (Å²) in [5.41, 5.74) is 1.73. The molecule has 1 aromatic carbocycles. The molecular formula is C17H27N3. The third kappa shape index (κ3) is 3.05. The zero-order valence-corrected chi connectivity index (χ0v) is 12.8. The highest BCUT2D eigenvalue weighted by Gasteiger charge is 2.37. The van der Waals surface area contributed by atoms with Gasteiger partial charge in [0.15, 0.2) is 0 Å². The predicted molar refractivity (Wildman–Crippen MR) is 83.8 cm³/mol. The van der Waals surface area contributed by atoms with Crippen molar-refractivity contribution in [1.82, 2.24) is 15.1 Å². The molecule has 2 saturated heterocycles. The van der Waals surface area contributed by atoms with E-state index in [9.17, 15) is 0 Å². The minimum absolute atomic E-state index is 0.297. The van der Waals surface area contributed by atoms with Gasteiger partial charge in [-0.15, -0.1) is 0 Å². The molecule has 2 aliphatic heterocycles. The number of likely N-dealkylation sites (tertiary alicyclic amines) is 1. The van der Waals surface area contributed by atoms with Crippen molar-refractivity contribution in [2.24, 2.45) is 0 Å². The Labute approximate surface area is 123 Å². The lowest BCUT2D eigenvalue weighted by atomic mass is 9.97. The van der Waals surface area contributed by atoms with Gasteiger partial charge in [0.05, 0.1) is 0 Å². The zero-order valence-electron chi connectivity index (χ0n) is 12.8. The van der Waals surface area contributed by atoms with E-state index in [2.05, 4.69) is 59.3 Å². The predicted octanol–water partition coefficient (Wildman–Crippen LogP) is 1.94. The summed E-state index contributed by atoms with van der Waals surface area (Å²) in [6.07, 6.45) is 1.32. The van der Waals surface area contributed by atoms with E-state index in [0.717, 1.165) is 25.7 Å². The molecule has 0 aromatic heterocycles. The van der Waals surface area contributed by atoms with Gasteiger partial charge in [0, 0.05) is 50.8 Å². The molecule has 0 amide bonds. The number of rotatable bonds is 3. The van der Waals surface area contributed by atoms with Crippen molar-refractivity contribution < 1.29 is 0 Å². The van der Waals surface area contributed by atoms with Crippen molar-refractivity contribution in [3.8, 4) is 0 Å². The highest BCUT2D eigenvalue weighted by molar-refractivity contribution is 5.14. The lowest BCUT2D eigenvalue weighted by molar-refractivity contribution is 0.0477. The van der Waals surface area contributed by atoms with Crippen LogP contribution in [0.1, 0.15) is 25.8 Å². The molecule has 0 aliphatic carbocycles. The van der Waals surface area contributed by atoms with Gasteiger partial charge in [-0.2, -0.15) is 0 Å². The normalized spacial score (nSPS) is 27.8. The molecule has 0 radical (unpaired) electrons. The molecule has 3 rings (SSSR count). The van der Waals surface area contributed by atoms with Crippen molar-refractivity contribution in [1.29, 1.82) is 0 Å². The molecule has 0 saturated carbocycles. The first-order valence-corrected chi connectivity index (χ1v) is 7.89. The lowest BCUT2D eigenvalue weighted by Crippen LogP contribution is -2.61. The highest BCUT2D eigenvalue weighted by atomic mass is 15.3. The first-order valence-electron chi connectivity index (χ1n) is 7.89. The van der Waals surface area contributed by atoms with E-state index in [1.54, 1.807) is 0 Å². The van der Waals surface area contributed by atoms with Crippen molar-refractivity contribution in [2.75, 3.05) is 32.7 Å². The summed E-state index contributed by atoms with van der Waals surface area (Å²) < 4.78 is 0. The first-order chi connectivity index (χ1) is 9.65. The van der Waals surface area contributed by atoms with Crippen LogP contribution >= 0.6 is 0 Å². The fourth-order valence-electron chi connectivity index (χ4n) is 3.73. The van der Waals surface area contributed by atoms with Crippen molar-refractivity contribution in [3.05, 3.63) is 35.9 Å². The summed E-state index contributed by atoms with van der Waals surface area (Å²) >= 11 is 0. The van der Waals surface area contributed by atoms with Crippen LogP contribution in [0.15, 0.2) is 30.3 Å². The van der Waals surface area contributed by atoms with Crippen LogP contribution < -0.4 is 5.32 Å². The van der Waals surface area contributed by atoms with Crippen molar-refractivity contribution in [2.45, 2.75) is 38.4 Å². The van der Waals surface area contributed by atoms with Crippen LogP contribution in [-0.4, -0.2) is 54.1 Å². The van der Waals surface area contributed by atoms with Crippen molar-refractivity contribution >= 4 is 0 Å². The van der Waals surface area contributed by atoms with E-state index >= 15 is 0 Å². The molecule has 3 heteroatoms. The van der Waals surface area contributed by atoms with E-state index in [1.807, 2.05) is 0 Å². The topological polar surface area (TPSA) is 18.5 Å². The maximum Gasteiger partial charge on any atom is 0.0281 e. The lowest BCUT2D eigenvalue weighted by Gasteiger charge is -2.46. The Bertz CT molecular complexity index is 429. The monoisotopic (exact) mass is 273 g/mol. The van der Waals surface area contributed by atoms with Crippen LogP contribution in [0, 0.1) is 0 Å². The molecule has 1 unspecified atom stereocenters. The molecule has 20 heavy (non-hydrogen) atoms. The Morgan fingerprint density at radius 3 is 2.75 bits per heavy atom. The van der Waals surface area contributed by atoms with Gasteiger partial charge >= 0.3 is 0 Å². The molecule has 2 heterocycles. The molecule has 1 atom stereocenters. The van der Waals surface area contributed by atoms with Crippen LogP contribution in [-0.2, 0) is 6.54 Å². The molecule has 2 aliphatic rings. The third-order valence-corrected chi connectivity index (χ3v) is 4.80. The van der Waals surface area contributed by atoms with Crippen molar-refractivity contribution in [3.63, 3.8) is 0 Å². The zero-order chi connectivity index (χ0) is 14.0. The van der Waals surface area contributed by atoms with Crippen LogP contribution in [0.25, 0.3) is 0 Å². The van der Waals surface area contributed by atoms with Crippen LogP contribution in [0.2, 0.25) is 0 Å². The number of hydrogen-bond donors (Lipinski definition) is 1. The Balaban J connectivity index is 1.59. The van der Waals surface area contributed by atoms with Crippen LogP contribution in [0.5, 0.6) is 0 Å². The Hall–Kier alpha value is -0.900. The van der Waals surface area contributed by atoms with Gasteiger partial charge in [-0.05, 0) is 25.8 Å². The summed E-state index contributed by atoms with van der Waals surface area (Å²) in [7, 11) is 0. The summed E-state index contributed by atoms with van der Waals surface area (Å²) in [5.74, 6) is 0. The second kappa shape index (κ2) is 5.84.